The SMILES string of the molecule is Cc1cc(Sc2ccc(Cl)cc2/C(N)=N/O)n(C)n1. The van der Waals surface area contributed by atoms with Crippen LogP contribution in [-0.2, 0) is 7.05 Å². The van der Waals surface area contributed by atoms with E-state index in [0.29, 0.717) is 10.6 Å². The van der Waals surface area contributed by atoms with Gasteiger partial charge in [-0.1, -0.05) is 28.5 Å². The van der Waals surface area contributed by atoms with Gasteiger partial charge >= 0.3 is 0 Å². The molecule has 19 heavy (non-hydrogen) atoms. The Labute approximate surface area is 120 Å². The average molecular weight is 297 g/mol. The Morgan fingerprint density at radius 2 is 2.21 bits per heavy atom. The Morgan fingerprint density at radius 3 is 2.79 bits per heavy atom. The van der Waals surface area contributed by atoms with Gasteiger partial charge in [0.1, 0.15) is 0 Å². The van der Waals surface area contributed by atoms with Crippen LogP contribution in [0.15, 0.2) is 39.3 Å². The highest BCUT2D eigenvalue weighted by molar-refractivity contribution is 7.99. The van der Waals surface area contributed by atoms with Crippen LogP contribution in [0.25, 0.3) is 0 Å². The molecule has 1 aromatic carbocycles. The molecule has 3 N–H and O–H groups in total. The molecular weight excluding hydrogens is 284 g/mol. The van der Waals surface area contributed by atoms with Crippen molar-refractivity contribution < 1.29 is 5.21 Å². The van der Waals surface area contributed by atoms with Crippen molar-refractivity contribution in [2.24, 2.45) is 17.9 Å². The minimum Gasteiger partial charge on any atom is -0.409 e. The first-order valence-corrected chi connectivity index (χ1v) is 6.66. The monoisotopic (exact) mass is 296 g/mol. The minimum atomic E-state index is 0.0314. The first-order valence-electron chi connectivity index (χ1n) is 5.47. The second-order valence-corrected chi connectivity index (χ2v) is 5.47. The fourth-order valence-electron chi connectivity index (χ4n) is 1.64. The largest absolute Gasteiger partial charge is 0.409 e. The molecule has 2 rings (SSSR count). The summed E-state index contributed by atoms with van der Waals surface area (Å²) in [4.78, 5) is 0.850. The molecule has 0 fully saturated rings. The molecular formula is C12H13ClN4OS. The second kappa shape index (κ2) is 5.54. The summed E-state index contributed by atoms with van der Waals surface area (Å²) in [5, 5.41) is 17.6. The molecule has 0 atom stereocenters. The fraction of sp³-hybridized carbons (Fsp3) is 0.167. The lowest BCUT2D eigenvalue weighted by Gasteiger charge is -2.08. The molecule has 1 heterocycles. The first kappa shape index (κ1) is 13.8. The van der Waals surface area contributed by atoms with E-state index >= 15 is 0 Å². The number of benzene rings is 1. The molecule has 7 heteroatoms. The van der Waals surface area contributed by atoms with Crippen molar-refractivity contribution in [3.05, 3.63) is 40.5 Å². The highest BCUT2D eigenvalue weighted by Crippen LogP contribution is 2.32. The van der Waals surface area contributed by atoms with Gasteiger partial charge in [0.15, 0.2) is 5.84 Å². The van der Waals surface area contributed by atoms with Crippen LogP contribution in [0.3, 0.4) is 0 Å². The lowest BCUT2D eigenvalue weighted by atomic mass is 10.2. The summed E-state index contributed by atoms with van der Waals surface area (Å²) >= 11 is 7.42. The van der Waals surface area contributed by atoms with Crippen LogP contribution in [0.4, 0.5) is 0 Å². The van der Waals surface area contributed by atoms with E-state index in [1.165, 1.54) is 11.8 Å². The molecule has 0 saturated carbocycles. The smallest absolute Gasteiger partial charge is 0.171 e. The van der Waals surface area contributed by atoms with E-state index in [-0.39, 0.29) is 5.84 Å². The van der Waals surface area contributed by atoms with Gasteiger partial charge in [0.2, 0.25) is 0 Å². The Bertz CT molecular complexity index is 639. The maximum Gasteiger partial charge on any atom is 0.171 e. The molecule has 0 amide bonds. The highest BCUT2D eigenvalue weighted by Gasteiger charge is 2.12. The topological polar surface area (TPSA) is 76.4 Å². The fourth-order valence-corrected chi connectivity index (χ4v) is 2.85. The summed E-state index contributed by atoms with van der Waals surface area (Å²) in [6, 6.07) is 7.24. The van der Waals surface area contributed by atoms with E-state index in [1.807, 2.05) is 26.1 Å². The van der Waals surface area contributed by atoms with E-state index in [1.54, 1.807) is 16.8 Å². The summed E-state index contributed by atoms with van der Waals surface area (Å²) in [5.41, 5.74) is 7.20. The quantitative estimate of drug-likeness (QED) is 0.395. The minimum absolute atomic E-state index is 0.0314. The van der Waals surface area contributed by atoms with Crippen LogP contribution in [0, 0.1) is 6.92 Å². The van der Waals surface area contributed by atoms with Gasteiger partial charge in [-0.25, -0.2) is 0 Å². The van der Waals surface area contributed by atoms with Gasteiger partial charge in [-0.05, 0) is 31.2 Å². The van der Waals surface area contributed by atoms with Crippen molar-refractivity contribution >= 4 is 29.2 Å². The van der Waals surface area contributed by atoms with Crippen molar-refractivity contribution in [2.45, 2.75) is 16.8 Å². The molecule has 0 spiro atoms. The number of aryl methyl sites for hydroxylation is 2. The van der Waals surface area contributed by atoms with Crippen LogP contribution < -0.4 is 5.73 Å². The number of halogens is 1. The van der Waals surface area contributed by atoms with Gasteiger partial charge in [0.25, 0.3) is 0 Å². The highest BCUT2D eigenvalue weighted by atomic mass is 35.5. The molecule has 5 nitrogen and oxygen atoms in total. The van der Waals surface area contributed by atoms with E-state index < -0.39 is 0 Å². The van der Waals surface area contributed by atoms with Crippen LogP contribution in [0.5, 0.6) is 0 Å². The number of amidine groups is 1. The molecule has 0 aliphatic carbocycles. The Hall–Kier alpha value is -1.66. The molecule has 0 aliphatic heterocycles. The van der Waals surface area contributed by atoms with Gasteiger partial charge in [-0.2, -0.15) is 5.10 Å². The number of hydrogen-bond acceptors (Lipinski definition) is 4. The first-order chi connectivity index (χ1) is 9.01. The Kier molecular flexibility index (Phi) is 4.01. The van der Waals surface area contributed by atoms with Gasteiger partial charge in [-0.3, -0.25) is 4.68 Å². The molecule has 2 aromatic rings. The third-order valence-corrected chi connectivity index (χ3v) is 3.90. The van der Waals surface area contributed by atoms with E-state index in [9.17, 15) is 0 Å². The number of nitrogens with two attached hydrogens (primary N) is 1. The van der Waals surface area contributed by atoms with E-state index in [2.05, 4.69) is 10.3 Å². The van der Waals surface area contributed by atoms with Gasteiger partial charge in [0, 0.05) is 22.5 Å². The number of hydrogen-bond donors (Lipinski definition) is 2. The molecule has 100 valence electrons. The molecule has 0 bridgehead atoms. The van der Waals surface area contributed by atoms with Gasteiger partial charge in [0.05, 0.1) is 10.7 Å². The molecule has 0 unspecified atom stereocenters. The van der Waals surface area contributed by atoms with Gasteiger partial charge < -0.3 is 10.9 Å². The maximum atomic E-state index is 8.82. The van der Waals surface area contributed by atoms with Crippen LogP contribution >= 0.6 is 23.4 Å². The van der Waals surface area contributed by atoms with Crippen molar-refractivity contribution in [2.75, 3.05) is 0 Å². The third kappa shape index (κ3) is 3.02. The van der Waals surface area contributed by atoms with Crippen molar-refractivity contribution in [1.29, 1.82) is 0 Å². The summed E-state index contributed by atoms with van der Waals surface area (Å²) in [5.74, 6) is 0.0314. The number of aromatic nitrogens is 2. The standard InChI is InChI=1S/C12H13ClN4OS/c1-7-5-11(17(2)15-7)19-10-4-3-8(13)6-9(10)12(14)16-18/h3-6,18H,1-2H3,(H2,14,16). The van der Waals surface area contributed by atoms with E-state index in [0.717, 1.165) is 15.6 Å². The van der Waals surface area contributed by atoms with Crippen molar-refractivity contribution in [3.63, 3.8) is 0 Å². The number of rotatable bonds is 3. The molecule has 0 aliphatic rings. The van der Waals surface area contributed by atoms with Crippen molar-refractivity contribution in [1.82, 2.24) is 9.78 Å². The van der Waals surface area contributed by atoms with Crippen LogP contribution in [-0.4, -0.2) is 20.8 Å². The molecule has 1 aromatic heterocycles. The number of nitrogens with zero attached hydrogens (tertiary/aromatic N) is 3. The Morgan fingerprint density at radius 1 is 1.47 bits per heavy atom. The zero-order valence-corrected chi connectivity index (χ0v) is 12.0. The lowest BCUT2D eigenvalue weighted by molar-refractivity contribution is 0.318. The van der Waals surface area contributed by atoms with Gasteiger partial charge in [-0.15, -0.1) is 0 Å². The summed E-state index contributed by atoms with van der Waals surface area (Å²) in [6.07, 6.45) is 0. The lowest BCUT2D eigenvalue weighted by Crippen LogP contribution is -2.14. The predicted molar refractivity (Wildman–Crippen MR) is 76.0 cm³/mol. The van der Waals surface area contributed by atoms with Crippen molar-refractivity contribution in [3.8, 4) is 0 Å². The normalized spacial score (nSPS) is 11.8. The summed E-state index contributed by atoms with van der Waals surface area (Å²) in [7, 11) is 1.87. The average Bonchev–Trinajstić information content (AvgIpc) is 2.69. The summed E-state index contributed by atoms with van der Waals surface area (Å²) in [6.45, 7) is 1.93. The zero-order chi connectivity index (χ0) is 14.0. The Balaban J connectivity index is 2.42. The second-order valence-electron chi connectivity index (χ2n) is 3.98. The third-order valence-electron chi connectivity index (χ3n) is 2.50. The summed E-state index contributed by atoms with van der Waals surface area (Å²) < 4.78 is 1.78. The zero-order valence-electron chi connectivity index (χ0n) is 10.5. The predicted octanol–water partition coefficient (Wildman–Crippen LogP) is 2.63. The molecule has 0 radical (unpaired) electrons. The van der Waals surface area contributed by atoms with E-state index in [4.69, 9.17) is 22.5 Å². The van der Waals surface area contributed by atoms with Crippen LogP contribution in [0.1, 0.15) is 11.3 Å². The number of oxime groups is 1. The maximum absolute atomic E-state index is 8.82. The van der Waals surface area contributed by atoms with Crippen LogP contribution in [0.2, 0.25) is 5.02 Å². The molecule has 0 saturated heterocycles.